The largest absolute Gasteiger partial charge is 0.428 e. The molecule has 3 rings (SSSR count). The first kappa shape index (κ1) is 42.4. The number of carbonyl (C=O) groups excluding carboxylic acids is 7. The van der Waals surface area contributed by atoms with Crippen molar-refractivity contribution in [1.82, 2.24) is 26.2 Å². The maximum atomic E-state index is 13.6. The molecular formula is C37H50N8O9. The van der Waals surface area contributed by atoms with Gasteiger partial charge in [-0.1, -0.05) is 52.0 Å². The van der Waals surface area contributed by atoms with Gasteiger partial charge in [0.1, 0.15) is 18.1 Å². The third-order valence-electron chi connectivity index (χ3n) is 8.56. The molecule has 54 heavy (non-hydrogen) atoms. The van der Waals surface area contributed by atoms with Crippen LogP contribution >= 0.6 is 0 Å². The summed E-state index contributed by atoms with van der Waals surface area (Å²) >= 11 is 0. The van der Waals surface area contributed by atoms with Crippen LogP contribution in [0.1, 0.15) is 85.2 Å². The van der Waals surface area contributed by atoms with E-state index >= 15 is 0 Å². The first-order chi connectivity index (χ1) is 25.5. The van der Waals surface area contributed by atoms with Crippen LogP contribution in [-0.2, 0) is 45.4 Å². The van der Waals surface area contributed by atoms with E-state index in [4.69, 9.17) is 20.9 Å². The highest BCUT2D eigenvalue weighted by atomic mass is 16.7. The number of hydrogen-bond acceptors (Lipinski definition) is 10. The van der Waals surface area contributed by atoms with Crippen molar-refractivity contribution in [3.05, 3.63) is 70.8 Å². The van der Waals surface area contributed by atoms with Gasteiger partial charge in [-0.15, -0.1) is 0 Å². The molecule has 0 saturated heterocycles. The minimum Gasteiger partial charge on any atom is -0.428 e. The van der Waals surface area contributed by atoms with Crippen molar-refractivity contribution < 1.29 is 43.0 Å². The van der Waals surface area contributed by atoms with Crippen molar-refractivity contribution in [2.45, 2.75) is 83.5 Å². The van der Waals surface area contributed by atoms with Crippen molar-refractivity contribution in [2.24, 2.45) is 16.5 Å². The minimum absolute atomic E-state index is 0.0931. The molecule has 17 nitrogen and oxygen atoms in total. The van der Waals surface area contributed by atoms with Crippen molar-refractivity contribution in [3.8, 4) is 0 Å². The lowest BCUT2D eigenvalue weighted by molar-refractivity contribution is -0.154. The molecule has 0 fully saturated rings. The van der Waals surface area contributed by atoms with Crippen LogP contribution in [0, 0.1) is 0 Å². The summed E-state index contributed by atoms with van der Waals surface area (Å²) in [4.78, 5) is 97.0. The SMILES string of the molecule is CC[C@H]1NC(=O)c2cccc(c2)CNC(=O)[C@H](CC(=O)OCOC(=O)c2ccc(C(C)(C)C)cc2)NC(=O)CNC(=O)[C@H](CCCN=C(N)N)N(C)C1=O. The maximum Gasteiger partial charge on any atom is 0.340 e. The third-order valence-corrected chi connectivity index (χ3v) is 8.56. The molecular weight excluding hydrogens is 700 g/mol. The van der Waals surface area contributed by atoms with E-state index in [9.17, 15) is 33.6 Å². The number of carbonyl (C=O) groups is 7. The van der Waals surface area contributed by atoms with E-state index in [2.05, 4.69) is 26.3 Å². The summed E-state index contributed by atoms with van der Waals surface area (Å²) in [6, 6.07) is 9.54. The first-order valence-corrected chi connectivity index (χ1v) is 17.5. The van der Waals surface area contributed by atoms with Crippen LogP contribution in [0.2, 0.25) is 0 Å². The lowest BCUT2D eigenvalue weighted by Crippen LogP contribution is -2.55. The molecule has 2 aromatic rings. The Labute approximate surface area is 313 Å². The zero-order chi connectivity index (χ0) is 40.0. The molecule has 1 aliphatic heterocycles. The molecule has 2 bridgehead atoms. The molecule has 0 unspecified atom stereocenters. The lowest BCUT2D eigenvalue weighted by atomic mass is 9.87. The Hall–Kier alpha value is -6.00. The van der Waals surface area contributed by atoms with E-state index in [1.54, 1.807) is 43.3 Å². The molecule has 1 aliphatic rings. The fourth-order valence-corrected chi connectivity index (χ4v) is 5.41. The third kappa shape index (κ3) is 12.9. The number of ether oxygens (including phenoxy) is 2. The fourth-order valence-electron chi connectivity index (χ4n) is 5.41. The second-order valence-electron chi connectivity index (χ2n) is 13.7. The van der Waals surface area contributed by atoms with Gasteiger partial charge in [-0.05, 0) is 60.1 Å². The molecule has 0 spiro atoms. The number of aliphatic imine (C=N–C) groups is 1. The van der Waals surface area contributed by atoms with Gasteiger partial charge in [0.2, 0.25) is 30.4 Å². The molecule has 2 aromatic carbocycles. The smallest absolute Gasteiger partial charge is 0.340 e. The number of guanidine groups is 1. The number of nitrogens with two attached hydrogens (primary N) is 2. The number of nitrogens with zero attached hydrogens (tertiary/aromatic N) is 2. The molecule has 3 atom stereocenters. The topological polar surface area (TPSA) is 254 Å². The molecule has 0 saturated carbocycles. The van der Waals surface area contributed by atoms with Gasteiger partial charge in [-0.2, -0.15) is 0 Å². The number of esters is 2. The highest BCUT2D eigenvalue weighted by Gasteiger charge is 2.32. The summed E-state index contributed by atoms with van der Waals surface area (Å²) in [5, 5.41) is 10.2. The van der Waals surface area contributed by atoms with Crippen LogP contribution in [0.15, 0.2) is 53.5 Å². The number of hydrogen-bond donors (Lipinski definition) is 6. The first-order valence-electron chi connectivity index (χ1n) is 17.5. The molecule has 0 aliphatic carbocycles. The molecule has 0 aromatic heterocycles. The standard InChI is InChI=1S/C37H50N8O9/c1-6-26-34(51)45(5)28(11-8-16-40-36(38)39)33(50)42-20-29(46)43-27(32(49)41-19-22-9-7-10-24(17-22)31(48)44-26)18-30(47)53-21-54-35(52)23-12-14-25(15-13-23)37(2,3)4/h7,9-10,12-15,17,26-28H,6,8,11,16,18-21H2,1-5H3,(H,41,49)(H,42,50)(H,43,46)(H,44,48)(H4,38,39,40)/t26-,27+,28+/m1/s1. The predicted octanol–water partition coefficient (Wildman–Crippen LogP) is 0.352. The highest BCUT2D eigenvalue weighted by molar-refractivity contribution is 5.99. The number of amides is 5. The number of fused-ring (bicyclic) bond motifs is 2. The van der Waals surface area contributed by atoms with E-state index in [0.29, 0.717) is 12.0 Å². The van der Waals surface area contributed by atoms with Crippen molar-refractivity contribution in [3.63, 3.8) is 0 Å². The second-order valence-corrected chi connectivity index (χ2v) is 13.7. The molecule has 1 heterocycles. The Balaban J connectivity index is 1.78. The van der Waals surface area contributed by atoms with E-state index in [1.807, 2.05) is 20.8 Å². The fraction of sp³-hybridized carbons (Fsp3) is 0.459. The van der Waals surface area contributed by atoms with E-state index in [0.717, 1.165) is 5.56 Å². The summed E-state index contributed by atoms with van der Waals surface area (Å²) in [6.07, 6.45) is -0.0521. The van der Waals surface area contributed by atoms with Crippen LogP contribution in [0.4, 0.5) is 0 Å². The van der Waals surface area contributed by atoms with Gasteiger partial charge in [0.25, 0.3) is 5.91 Å². The Morgan fingerprint density at radius 1 is 0.907 bits per heavy atom. The van der Waals surface area contributed by atoms with Crippen molar-refractivity contribution in [2.75, 3.05) is 26.9 Å². The summed E-state index contributed by atoms with van der Waals surface area (Å²) in [7, 11) is 1.41. The molecule has 17 heteroatoms. The summed E-state index contributed by atoms with van der Waals surface area (Å²) in [5.74, 6) is -5.23. The quantitative estimate of drug-likeness (QED) is 0.0635. The van der Waals surface area contributed by atoms with Gasteiger partial charge < -0.3 is 47.1 Å². The Morgan fingerprint density at radius 2 is 1.59 bits per heavy atom. The average molecular weight is 751 g/mol. The second kappa shape index (κ2) is 19.7. The number of nitrogens with one attached hydrogen (secondary N) is 4. The minimum atomic E-state index is -1.47. The summed E-state index contributed by atoms with van der Waals surface area (Å²) < 4.78 is 10.1. The number of benzene rings is 2. The summed E-state index contributed by atoms with van der Waals surface area (Å²) in [6.45, 7) is 6.51. The van der Waals surface area contributed by atoms with E-state index in [1.165, 1.54) is 24.1 Å². The van der Waals surface area contributed by atoms with Gasteiger partial charge in [-0.3, -0.25) is 33.8 Å². The predicted molar refractivity (Wildman–Crippen MR) is 197 cm³/mol. The number of likely N-dealkylation sites (N-methyl/N-ethyl adjacent to an activating group) is 1. The molecule has 5 amide bonds. The van der Waals surface area contributed by atoms with Gasteiger partial charge in [0.05, 0.1) is 18.5 Å². The van der Waals surface area contributed by atoms with Crippen molar-refractivity contribution >= 4 is 47.4 Å². The zero-order valence-corrected chi connectivity index (χ0v) is 31.2. The number of rotatable bonds is 10. The lowest BCUT2D eigenvalue weighted by Gasteiger charge is -2.30. The van der Waals surface area contributed by atoms with Gasteiger partial charge >= 0.3 is 11.9 Å². The highest BCUT2D eigenvalue weighted by Crippen LogP contribution is 2.22. The van der Waals surface area contributed by atoms with Crippen LogP contribution in [0.3, 0.4) is 0 Å². The van der Waals surface area contributed by atoms with E-state index in [-0.39, 0.29) is 48.4 Å². The van der Waals surface area contributed by atoms with Crippen molar-refractivity contribution in [1.29, 1.82) is 0 Å². The Bertz CT molecular complexity index is 1720. The van der Waals surface area contributed by atoms with Crippen LogP contribution < -0.4 is 32.7 Å². The van der Waals surface area contributed by atoms with Gasteiger partial charge in [-0.25, -0.2) is 4.79 Å². The molecule has 292 valence electrons. The average Bonchev–Trinajstić information content (AvgIpc) is 3.13. The summed E-state index contributed by atoms with van der Waals surface area (Å²) in [5.41, 5.74) is 12.7. The molecule has 8 N–H and O–H groups in total. The van der Waals surface area contributed by atoms with Crippen LogP contribution in [0.25, 0.3) is 0 Å². The van der Waals surface area contributed by atoms with Crippen LogP contribution in [-0.4, -0.2) is 97.4 Å². The normalized spacial score (nSPS) is 18.9. The Kier molecular flexibility index (Phi) is 15.5. The zero-order valence-electron chi connectivity index (χ0n) is 31.2. The maximum absolute atomic E-state index is 13.6. The Morgan fingerprint density at radius 3 is 2.24 bits per heavy atom. The molecule has 0 radical (unpaired) electrons. The van der Waals surface area contributed by atoms with Gasteiger partial charge in [0, 0.05) is 25.7 Å². The van der Waals surface area contributed by atoms with E-state index < -0.39 is 79.4 Å². The monoisotopic (exact) mass is 750 g/mol. The van der Waals surface area contributed by atoms with Gasteiger partial charge in [0.15, 0.2) is 5.96 Å². The van der Waals surface area contributed by atoms with Crippen LogP contribution in [0.5, 0.6) is 0 Å².